The van der Waals surface area contributed by atoms with E-state index in [1.807, 2.05) is 36.5 Å². The van der Waals surface area contributed by atoms with Crippen molar-refractivity contribution in [2.45, 2.75) is 0 Å². The van der Waals surface area contributed by atoms with Gasteiger partial charge in [-0.1, -0.05) is 11.6 Å². The molecule has 0 saturated heterocycles. The summed E-state index contributed by atoms with van der Waals surface area (Å²) in [5.41, 5.74) is 1.09. The molecule has 1 heterocycles. The smallest absolute Gasteiger partial charge is 0.138 e. The fraction of sp³-hybridized carbons (Fsp3) is 0.176. The van der Waals surface area contributed by atoms with Crippen LogP contribution < -0.4 is 14.2 Å². The molecule has 0 fully saturated rings. The molecular weight excluding hydrogens is 302 g/mol. The van der Waals surface area contributed by atoms with Crippen molar-refractivity contribution in [3.63, 3.8) is 0 Å². The van der Waals surface area contributed by atoms with Crippen molar-refractivity contribution < 1.29 is 14.2 Å². The van der Waals surface area contributed by atoms with Crippen LogP contribution in [0.15, 0.2) is 48.7 Å². The first-order chi connectivity index (χ1) is 10.8. The number of hydrogen-bond acceptors (Lipinski definition) is 3. The number of hydrogen-bond donors (Lipinski definition) is 1. The molecule has 114 valence electrons. The Morgan fingerprint density at radius 2 is 1.77 bits per heavy atom. The third kappa shape index (κ3) is 3.28. The fourth-order valence-corrected chi connectivity index (χ4v) is 2.38. The average molecular weight is 318 g/mol. The Hall–Kier alpha value is -2.33. The van der Waals surface area contributed by atoms with Crippen LogP contribution in [0.25, 0.3) is 10.9 Å². The Kier molecular flexibility index (Phi) is 4.39. The van der Waals surface area contributed by atoms with Crippen LogP contribution in [0, 0.1) is 0 Å². The summed E-state index contributed by atoms with van der Waals surface area (Å²) in [4.78, 5) is 3.15. The summed E-state index contributed by atoms with van der Waals surface area (Å²) in [6.07, 6.45) is 1.91. The van der Waals surface area contributed by atoms with E-state index in [9.17, 15) is 0 Å². The van der Waals surface area contributed by atoms with Crippen molar-refractivity contribution in [1.82, 2.24) is 4.98 Å². The normalized spacial score (nSPS) is 10.6. The minimum atomic E-state index is 0.414. The molecule has 0 atom stereocenters. The third-order valence-corrected chi connectivity index (χ3v) is 3.57. The second-order valence-electron chi connectivity index (χ2n) is 4.72. The predicted molar refractivity (Wildman–Crippen MR) is 87.3 cm³/mol. The van der Waals surface area contributed by atoms with E-state index in [0.717, 1.165) is 16.7 Å². The van der Waals surface area contributed by atoms with Gasteiger partial charge in [0.15, 0.2) is 0 Å². The maximum Gasteiger partial charge on any atom is 0.138 e. The van der Waals surface area contributed by atoms with Crippen molar-refractivity contribution in [3.05, 3.63) is 53.7 Å². The Balaban J connectivity index is 1.52. The minimum absolute atomic E-state index is 0.414. The minimum Gasteiger partial charge on any atom is -0.497 e. The van der Waals surface area contributed by atoms with Gasteiger partial charge in [0.2, 0.25) is 0 Å². The largest absolute Gasteiger partial charge is 0.497 e. The van der Waals surface area contributed by atoms with E-state index in [1.165, 1.54) is 0 Å². The SMILES string of the molecule is COc1ccc(OCCOc2ccc3[nH]ccc3c2)c(Cl)c1. The van der Waals surface area contributed by atoms with Gasteiger partial charge >= 0.3 is 0 Å². The molecule has 0 aliphatic rings. The number of rotatable bonds is 6. The highest BCUT2D eigenvalue weighted by molar-refractivity contribution is 6.32. The number of H-pyrrole nitrogens is 1. The zero-order valence-corrected chi connectivity index (χ0v) is 12.9. The highest BCUT2D eigenvalue weighted by atomic mass is 35.5. The van der Waals surface area contributed by atoms with Crippen molar-refractivity contribution in [1.29, 1.82) is 0 Å². The molecule has 5 heteroatoms. The molecule has 0 aliphatic carbocycles. The lowest BCUT2D eigenvalue weighted by molar-refractivity contribution is 0.217. The van der Waals surface area contributed by atoms with Gasteiger partial charge in [0.1, 0.15) is 30.5 Å². The van der Waals surface area contributed by atoms with Gasteiger partial charge in [-0.3, -0.25) is 0 Å². The summed E-state index contributed by atoms with van der Waals surface area (Å²) >= 11 is 6.11. The molecule has 0 aliphatic heterocycles. The van der Waals surface area contributed by atoms with Crippen LogP contribution in [0.3, 0.4) is 0 Å². The summed E-state index contributed by atoms with van der Waals surface area (Å²) in [7, 11) is 1.60. The molecule has 0 unspecified atom stereocenters. The monoisotopic (exact) mass is 317 g/mol. The van der Waals surface area contributed by atoms with Gasteiger partial charge in [-0.2, -0.15) is 0 Å². The summed E-state index contributed by atoms with van der Waals surface area (Å²) in [5, 5.41) is 1.64. The summed E-state index contributed by atoms with van der Waals surface area (Å²) in [5.74, 6) is 2.14. The van der Waals surface area contributed by atoms with Gasteiger partial charge in [-0.15, -0.1) is 0 Å². The predicted octanol–water partition coefficient (Wildman–Crippen LogP) is 4.29. The van der Waals surface area contributed by atoms with Gasteiger partial charge < -0.3 is 19.2 Å². The third-order valence-electron chi connectivity index (χ3n) is 3.27. The van der Waals surface area contributed by atoms with Crippen LogP contribution in [0.5, 0.6) is 17.2 Å². The number of aromatic amines is 1. The topological polar surface area (TPSA) is 43.5 Å². The highest BCUT2D eigenvalue weighted by Crippen LogP contribution is 2.28. The molecule has 4 nitrogen and oxygen atoms in total. The first-order valence-corrected chi connectivity index (χ1v) is 7.30. The van der Waals surface area contributed by atoms with Crippen LogP contribution in [0.2, 0.25) is 5.02 Å². The molecule has 0 saturated carbocycles. The lowest BCUT2D eigenvalue weighted by atomic mass is 10.2. The standard InChI is InChI=1S/C17H16ClNO3/c1-20-13-3-5-17(15(18)11-13)22-9-8-21-14-2-4-16-12(10-14)6-7-19-16/h2-7,10-11,19H,8-9H2,1H3. The molecule has 3 rings (SSSR count). The van der Waals surface area contributed by atoms with E-state index in [1.54, 1.807) is 19.2 Å². The summed E-state index contributed by atoms with van der Waals surface area (Å²) < 4.78 is 16.4. The quantitative estimate of drug-likeness (QED) is 0.690. The second-order valence-corrected chi connectivity index (χ2v) is 5.13. The highest BCUT2D eigenvalue weighted by Gasteiger charge is 2.04. The first kappa shape index (κ1) is 14.6. The number of aromatic nitrogens is 1. The van der Waals surface area contributed by atoms with E-state index in [4.69, 9.17) is 25.8 Å². The number of methoxy groups -OCH3 is 1. The summed E-state index contributed by atoms with van der Waals surface area (Å²) in [6, 6.07) is 13.2. The fourth-order valence-electron chi connectivity index (χ4n) is 2.16. The Morgan fingerprint density at radius 3 is 2.59 bits per heavy atom. The van der Waals surface area contributed by atoms with Crippen LogP contribution in [0.1, 0.15) is 0 Å². The van der Waals surface area contributed by atoms with Crippen molar-refractivity contribution in [3.8, 4) is 17.2 Å². The Bertz CT molecular complexity index is 769. The summed E-state index contributed by atoms with van der Waals surface area (Å²) in [6.45, 7) is 0.857. The van der Waals surface area contributed by atoms with Crippen LogP contribution in [-0.2, 0) is 0 Å². The maximum absolute atomic E-state index is 6.11. The van der Waals surface area contributed by atoms with E-state index in [-0.39, 0.29) is 0 Å². The van der Waals surface area contributed by atoms with Crippen LogP contribution in [0.4, 0.5) is 0 Å². The van der Waals surface area contributed by atoms with E-state index in [0.29, 0.717) is 29.7 Å². The van der Waals surface area contributed by atoms with Crippen LogP contribution in [-0.4, -0.2) is 25.3 Å². The van der Waals surface area contributed by atoms with Gasteiger partial charge in [-0.25, -0.2) is 0 Å². The molecule has 1 N–H and O–H groups in total. The van der Waals surface area contributed by atoms with E-state index in [2.05, 4.69) is 4.98 Å². The van der Waals surface area contributed by atoms with Crippen molar-refractivity contribution in [2.75, 3.05) is 20.3 Å². The van der Waals surface area contributed by atoms with E-state index < -0.39 is 0 Å². The van der Waals surface area contributed by atoms with Crippen LogP contribution >= 0.6 is 11.6 Å². The zero-order valence-electron chi connectivity index (χ0n) is 12.1. The molecular formula is C17H16ClNO3. The lowest BCUT2D eigenvalue weighted by Crippen LogP contribution is -2.09. The second kappa shape index (κ2) is 6.62. The number of nitrogens with one attached hydrogen (secondary N) is 1. The van der Waals surface area contributed by atoms with Gasteiger partial charge in [-0.05, 0) is 36.4 Å². The number of benzene rings is 2. The number of fused-ring (bicyclic) bond motifs is 1. The molecule has 3 aromatic rings. The molecule has 2 aromatic carbocycles. The molecule has 0 amide bonds. The molecule has 22 heavy (non-hydrogen) atoms. The van der Waals surface area contributed by atoms with Gasteiger partial charge in [0.25, 0.3) is 0 Å². The maximum atomic E-state index is 6.11. The van der Waals surface area contributed by atoms with Gasteiger partial charge in [0, 0.05) is 23.2 Å². The zero-order chi connectivity index (χ0) is 15.4. The first-order valence-electron chi connectivity index (χ1n) is 6.92. The Morgan fingerprint density at radius 1 is 0.955 bits per heavy atom. The van der Waals surface area contributed by atoms with Gasteiger partial charge in [0.05, 0.1) is 12.1 Å². The molecule has 1 aromatic heterocycles. The van der Waals surface area contributed by atoms with Crippen molar-refractivity contribution in [2.24, 2.45) is 0 Å². The number of ether oxygens (including phenoxy) is 3. The van der Waals surface area contributed by atoms with E-state index >= 15 is 0 Å². The molecule has 0 radical (unpaired) electrons. The molecule has 0 bridgehead atoms. The lowest BCUT2D eigenvalue weighted by Gasteiger charge is -2.10. The Labute approximate surface area is 133 Å². The molecule has 0 spiro atoms. The number of halogens is 1. The van der Waals surface area contributed by atoms with Crippen molar-refractivity contribution >= 4 is 22.5 Å². The average Bonchev–Trinajstić information content (AvgIpc) is 3.00.